The number of carbonyl (C=O) groups is 2. The molecule has 1 aromatic rings. The van der Waals surface area contributed by atoms with E-state index in [9.17, 15) is 18.0 Å². The van der Waals surface area contributed by atoms with E-state index in [1.165, 1.54) is 17.0 Å². The Morgan fingerprint density at radius 2 is 1.90 bits per heavy atom. The molecule has 0 heterocycles. The van der Waals surface area contributed by atoms with Gasteiger partial charge in [-0.05, 0) is 24.6 Å². The second-order valence-corrected chi connectivity index (χ2v) is 6.46. The molecular formula is C13H18N2O5S. The van der Waals surface area contributed by atoms with Gasteiger partial charge in [-0.25, -0.2) is 17.9 Å². The molecule has 0 aliphatic heterocycles. The van der Waals surface area contributed by atoms with Gasteiger partial charge in [0.2, 0.25) is 15.9 Å². The number of benzene rings is 1. The van der Waals surface area contributed by atoms with Gasteiger partial charge in [0.05, 0.1) is 10.5 Å². The number of hydrogen-bond donors (Lipinski definition) is 2. The maximum absolute atomic E-state index is 12.2. The molecule has 116 valence electrons. The zero-order valence-corrected chi connectivity index (χ0v) is 12.9. The van der Waals surface area contributed by atoms with Gasteiger partial charge >= 0.3 is 5.97 Å². The fourth-order valence-corrected chi connectivity index (χ4v) is 2.92. The van der Waals surface area contributed by atoms with Crippen molar-refractivity contribution in [1.82, 2.24) is 9.62 Å². The number of rotatable bonds is 6. The number of sulfonamides is 1. The molecule has 0 saturated carbocycles. The van der Waals surface area contributed by atoms with Crippen LogP contribution in [0, 0.1) is 6.92 Å². The third kappa shape index (κ3) is 4.54. The molecule has 21 heavy (non-hydrogen) atoms. The second-order valence-electron chi connectivity index (χ2n) is 4.72. The number of amides is 1. The van der Waals surface area contributed by atoms with Gasteiger partial charge in [-0.2, -0.15) is 0 Å². The van der Waals surface area contributed by atoms with E-state index >= 15 is 0 Å². The van der Waals surface area contributed by atoms with Crippen molar-refractivity contribution in [3.8, 4) is 0 Å². The fourth-order valence-electron chi connectivity index (χ4n) is 1.62. The van der Waals surface area contributed by atoms with Gasteiger partial charge in [0.1, 0.15) is 0 Å². The lowest BCUT2D eigenvalue weighted by Gasteiger charge is -2.12. The van der Waals surface area contributed by atoms with Crippen LogP contribution in [0.15, 0.2) is 23.1 Å². The molecule has 0 fully saturated rings. The average molecular weight is 314 g/mol. The summed E-state index contributed by atoms with van der Waals surface area (Å²) in [5, 5.41) is 8.91. The van der Waals surface area contributed by atoms with Crippen molar-refractivity contribution in [3.63, 3.8) is 0 Å². The molecule has 0 unspecified atom stereocenters. The Hall–Kier alpha value is -1.93. The largest absolute Gasteiger partial charge is 0.478 e. The predicted octanol–water partition coefficient (Wildman–Crippen LogP) is 0.450. The number of aromatic carboxylic acids is 1. The van der Waals surface area contributed by atoms with Crippen LogP contribution in [0.1, 0.15) is 22.3 Å². The van der Waals surface area contributed by atoms with Crippen molar-refractivity contribution in [2.45, 2.75) is 18.2 Å². The Labute approximate surface area is 123 Å². The standard InChI is InChI=1S/C13H18N2O5S/c1-9-4-5-10(13(17)18)8-11(9)21(19,20)14-7-6-12(16)15(2)3/h4-5,8,14H,6-7H2,1-3H3,(H,17,18). The highest BCUT2D eigenvalue weighted by Crippen LogP contribution is 2.17. The van der Waals surface area contributed by atoms with Crippen LogP contribution >= 0.6 is 0 Å². The lowest BCUT2D eigenvalue weighted by atomic mass is 10.1. The molecule has 1 aromatic carbocycles. The topological polar surface area (TPSA) is 104 Å². The first-order valence-electron chi connectivity index (χ1n) is 6.19. The molecule has 2 N–H and O–H groups in total. The van der Waals surface area contributed by atoms with Gasteiger partial charge in [-0.1, -0.05) is 6.07 Å². The van der Waals surface area contributed by atoms with Crippen molar-refractivity contribution >= 4 is 21.9 Å². The summed E-state index contributed by atoms with van der Waals surface area (Å²) in [6.07, 6.45) is 0.0316. The minimum absolute atomic E-state index is 0.0316. The highest BCUT2D eigenvalue weighted by Gasteiger charge is 2.19. The first kappa shape index (κ1) is 17.1. The lowest BCUT2D eigenvalue weighted by molar-refractivity contribution is -0.128. The monoisotopic (exact) mass is 314 g/mol. The third-order valence-electron chi connectivity index (χ3n) is 2.85. The molecule has 0 aliphatic rings. The van der Waals surface area contributed by atoms with E-state index in [2.05, 4.69) is 4.72 Å². The van der Waals surface area contributed by atoms with Gasteiger partial charge in [0.15, 0.2) is 0 Å². The smallest absolute Gasteiger partial charge is 0.335 e. The van der Waals surface area contributed by atoms with E-state index in [0.717, 1.165) is 6.07 Å². The molecule has 0 radical (unpaired) electrons. The first-order valence-corrected chi connectivity index (χ1v) is 7.67. The summed E-state index contributed by atoms with van der Waals surface area (Å²) >= 11 is 0. The van der Waals surface area contributed by atoms with Crippen LogP contribution in [0.4, 0.5) is 0 Å². The van der Waals surface area contributed by atoms with Gasteiger partial charge in [0, 0.05) is 27.1 Å². The molecule has 1 rings (SSSR count). The van der Waals surface area contributed by atoms with Crippen molar-refractivity contribution in [1.29, 1.82) is 0 Å². The number of carboxylic acid groups (broad SMARTS) is 1. The molecule has 7 nitrogen and oxygen atoms in total. The number of aryl methyl sites for hydroxylation is 1. The summed E-state index contributed by atoms with van der Waals surface area (Å²) in [5.41, 5.74) is 0.330. The predicted molar refractivity (Wildman–Crippen MR) is 76.6 cm³/mol. The maximum atomic E-state index is 12.2. The quantitative estimate of drug-likeness (QED) is 0.793. The number of carbonyl (C=O) groups excluding carboxylic acids is 1. The highest BCUT2D eigenvalue weighted by atomic mass is 32.2. The van der Waals surface area contributed by atoms with Crippen LogP contribution in [-0.2, 0) is 14.8 Å². The van der Waals surface area contributed by atoms with Crippen LogP contribution in [0.5, 0.6) is 0 Å². The van der Waals surface area contributed by atoms with Crippen LogP contribution in [0.3, 0.4) is 0 Å². The minimum atomic E-state index is -3.85. The van der Waals surface area contributed by atoms with Crippen LogP contribution in [0.25, 0.3) is 0 Å². The van der Waals surface area contributed by atoms with Crippen molar-refractivity contribution < 1.29 is 23.1 Å². The average Bonchev–Trinajstić information content (AvgIpc) is 2.38. The highest BCUT2D eigenvalue weighted by molar-refractivity contribution is 7.89. The number of hydrogen-bond acceptors (Lipinski definition) is 4. The Bertz CT molecular complexity index is 653. The maximum Gasteiger partial charge on any atom is 0.335 e. The Balaban J connectivity index is 2.90. The van der Waals surface area contributed by atoms with E-state index in [0.29, 0.717) is 5.56 Å². The minimum Gasteiger partial charge on any atom is -0.478 e. The lowest BCUT2D eigenvalue weighted by Crippen LogP contribution is -2.30. The van der Waals surface area contributed by atoms with Crippen LogP contribution in [0.2, 0.25) is 0 Å². The zero-order chi connectivity index (χ0) is 16.2. The summed E-state index contributed by atoms with van der Waals surface area (Å²) in [6.45, 7) is 1.53. The Morgan fingerprint density at radius 3 is 2.43 bits per heavy atom. The molecular weight excluding hydrogens is 296 g/mol. The molecule has 1 amide bonds. The molecule has 0 aliphatic carbocycles. The normalized spacial score (nSPS) is 11.2. The molecule has 8 heteroatoms. The van der Waals surface area contributed by atoms with E-state index in [1.54, 1.807) is 21.0 Å². The zero-order valence-electron chi connectivity index (χ0n) is 12.1. The summed E-state index contributed by atoms with van der Waals surface area (Å²) < 4.78 is 26.6. The number of carboxylic acids is 1. The van der Waals surface area contributed by atoms with Crippen LogP contribution < -0.4 is 4.72 Å². The van der Waals surface area contributed by atoms with E-state index in [-0.39, 0.29) is 29.3 Å². The summed E-state index contributed by atoms with van der Waals surface area (Å²) in [6, 6.07) is 3.88. The number of nitrogens with zero attached hydrogens (tertiary/aromatic N) is 1. The van der Waals surface area contributed by atoms with E-state index in [1.807, 2.05) is 0 Å². The van der Waals surface area contributed by atoms with Gasteiger partial charge in [-0.15, -0.1) is 0 Å². The molecule has 0 saturated heterocycles. The van der Waals surface area contributed by atoms with E-state index < -0.39 is 16.0 Å². The van der Waals surface area contributed by atoms with Crippen LogP contribution in [-0.4, -0.2) is 50.9 Å². The second kappa shape index (κ2) is 6.68. The van der Waals surface area contributed by atoms with Gasteiger partial charge in [0.25, 0.3) is 0 Å². The summed E-state index contributed by atoms with van der Waals surface area (Å²) in [4.78, 5) is 23.6. The molecule has 0 spiro atoms. The number of nitrogens with one attached hydrogen (secondary N) is 1. The molecule has 0 aromatic heterocycles. The molecule has 0 atom stereocenters. The van der Waals surface area contributed by atoms with Crippen molar-refractivity contribution in [3.05, 3.63) is 29.3 Å². The van der Waals surface area contributed by atoms with Crippen molar-refractivity contribution in [2.24, 2.45) is 0 Å². The Morgan fingerprint density at radius 1 is 1.29 bits per heavy atom. The Kier molecular flexibility index (Phi) is 5.45. The molecule has 0 bridgehead atoms. The third-order valence-corrected chi connectivity index (χ3v) is 4.46. The van der Waals surface area contributed by atoms with E-state index in [4.69, 9.17) is 5.11 Å². The SMILES string of the molecule is Cc1ccc(C(=O)O)cc1S(=O)(=O)NCCC(=O)N(C)C. The first-order chi connectivity index (χ1) is 9.65. The van der Waals surface area contributed by atoms with Crippen molar-refractivity contribution in [2.75, 3.05) is 20.6 Å². The van der Waals surface area contributed by atoms with Gasteiger partial charge < -0.3 is 10.0 Å². The summed E-state index contributed by atoms with van der Waals surface area (Å²) in [7, 11) is -0.691. The van der Waals surface area contributed by atoms with Gasteiger partial charge in [-0.3, -0.25) is 4.79 Å². The summed E-state index contributed by atoms with van der Waals surface area (Å²) in [5.74, 6) is -1.40. The fraction of sp³-hybridized carbons (Fsp3) is 0.385.